The number of benzene rings is 1. The molecule has 3 nitrogen and oxygen atoms in total. The SMILES string of the molecule is O=C(CCNc1ccccc1C(F)(F)F)N1CCCC1. The highest BCUT2D eigenvalue weighted by molar-refractivity contribution is 5.77. The average molecular weight is 286 g/mol. The molecule has 1 saturated heterocycles. The minimum atomic E-state index is -4.39. The van der Waals surface area contributed by atoms with Gasteiger partial charge in [0, 0.05) is 31.7 Å². The fourth-order valence-electron chi connectivity index (χ4n) is 2.31. The van der Waals surface area contributed by atoms with Gasteiger partial charge < -0.3 is 10.2 Å². The molecule has 0 spiro atoms. The van der Waals surface area contributed by atoms with Crippen LogP contribution in [0.3, 0.4) is 0 Å². The number of rotatable bonds is 4. The van der Waals surface area contributed by atoms with Gasteiger partial charge in [-0.2, -0.15) is 13.2 Å². The topological polar surface area (TPSA) is 32.3 Å². The van der Waals surface area contributed by atoms with E-state index in [2.05, 4.69) is 5.32 Å². The first-order valence-corrected chi connectivity index (χ1v) is 6.66. The molecule has 0 radical (unpaired) electrons. The Hall–Kier alpha value is -1.72. The van der Waals surface area contributed by atoms with E-state index >= 15 is 0 Å². The second-order valence-electron chi connectivity index (χ2n) is 4.81. The Kier molecular flexibility index (Phi) is 4.52. The number of hydrogen-bond acceptors (Lipinski definition) is 2. The van der Waals surface area contributed by atoms with E-state index in [1.54, 1.807) is 11.0 Å². The number of hydrogen-bond donors (Lipinski definition) is 1. The van der Waals surface area contributed by atoms with Crippen LogP contribution < -0.4 is 5.32 Å². The van der Waals surface area contributed by atoms with Crippen molar-refractivity contribution in [1.29, 1.82) is 0 Å². The lowest BCUT2D eigenvalue weighted by molar-refractivity contribution is -0.137. The molecule has 1 N–H and O–H groups in total. The quantitative estimate of drug-likeness (QED) is 0.922. The van der Waals surface area contributed by atoms with Gasteiger partial charge in [-0.1, -0.05) is 12.1 Å². The van der Waals surface area contributed by atoms with Gasteiger partial charge in [0.1, 0.15) is 0 Å². The lowest BCUT2D eigenvalue weighted by atomic mass is 10.1. The average Bonchev–Trinajstić information content (AvgIpc) is 2.92. The number of amides is 1. The van der Waals surface area contributed by atoms with Crippen molar-refractivity contribution in [2.75, 3.05) is 25.0 Å². The van der Waals surface area contributed by atoms with Gasteiger partial charge in [-0.25, -0.2) is 0 Å². The van der Waals surface area contributed by atoms with Crippen LogP contribution in [0.2, 0.25) is 0 Å². The molecule has 2 rings (SSSR count). The molecular formula is C14H17F3N2O. The van der Waals surface area contributed by atoms with Crippen molar-refractivity contribution in [2.24, 2.45) is 0 Å². The van der Waals surface area contributed by atoms with Crippen LogP contribution in [0.25, 0.3) is 0 Å². The molecule has 0 atom stereocenters. The third-order valence-electron chi connectivity index (χ3n) is 3.35. The number of alkyl halides is 3. The zero-order valence-corrected chi connectivity index (χ0v) is 11.0. The summed E-state index contributed by atoms with van der Waals surface area (Å²) >= 11 is 0. The summed E-state index contributed by atoms with van der Waals surface area (Å²) in [6.07, 6.45) is -2.15. The summed E-state index contributed by atoms with van der Waals surface area (Å²) in [4.78, 5) is 13.5. The zero-order chi connectivity index (χ0) is 14.6. The molecule has 1 heterocycles. The van der Waals surface area contributed by atoms with Gasteiger partial charge in [0.15, 0.2) is 0 Å². The van der Waals surface area contributed by atoms with Crippen molar-refractivity contribution in [1.82, 2.24) is 4.90 Å². The van der Waals surface area contributed by atoms with Crippen LogP contribution in [0.5, 0.6) is 0 Å². The van der Waals surface area contributed by atoms with Crippen molar-refractivity contribution < 1.29 is 18.0 Å². The number of carbonyl (C=O) groups is 1. The molecule has 6 heteroatoms. The number of nitrogens with zero attached hydrogens (tertiary/aromatic N) is 1. The number of halogens is 3. The van der Waals surface area contributed by atoms with Crippen molar-refractivity contribution in [2.45, 2.75) is 25.4 Å². The minimum Gasteiger partial charge on any atom is -0.384 e. The molecule has 1 aliphatic heterocycles. The number of carbonyl (C=O) groups excluding carboxylic acids is 1. The number of likely N-dealkylation sites (tertiary alicyclic amines) is 1. The predicted molar refractivity (Wildman–Crippen MR) is 70.4 cm³/mol. The Morgan fingerprint density at radius 1 is 1.20 bits per heavy atom. The predicted octanol–water partition coefficient (Wildman–Crippen LogP) is 3.13. The van der Waals surface area contributed by atoms with Gasteiger partial charge in [0.05, 0.1) is 5.56 Å². The maximum atomic E-state index is 12.8. The normalized spacial score (nSPS) is 15.4. The molecule has 0 aromatic heterocycles. The third-order valence-corrected chi connectivity index (χ3v) is 3.35. The Labute approximate surface area is 115 Å². The van der Waals surface area contributed by atoms with Crippen molar-refractivity contribution in [3.05, 3.63) is 29.8 Å². The van der Waals surface area contributed by atoms with Gasteiger partial charge in [0.2, 0.25) is 5.91 Å². The lowest BCUT2D eigenvalue weighted by Gasteiger charge is -2.17. The Morgan fingerprint density at radius 3 is 2.50 bits per heavy atom. The second-order valence-corrected chi connectivity index (χ2v) is 4.81. The lowest BCUT2D eigenvalue weighted by Crippen LogP contribution is -2.29. The summed E-state index contributed by atoms with van der Waals surface area (Å²) in [5.74, 6) is -0.000472. The van der Waals surface area contributed by atoms with Crippen molar-refractivity contribution in [3.63, 3.8) is 0 Å². The van der Waals surface area contributed by atoms with E-state index in [-0.39, 0.29) is 24.6 Å². The molecule has 1 amide bonds. The molecule has 110 valence electrons. The monoisotopic (exact) mass is 286 g/mol. The van der Waals surface area contributed by atoms with E-state index in [0.717, 1.165) is 32.0 Å². The molecule has 0 bridgehead atoms. The summed E-state index contributed by atoms with van der Waals surface area (Å²) in [5.41, 5.74) is -0.678. The highest BCUT2D eigenvalue weighted by Crippen LogP contribution is 2.34. The smallest absolute Gasteiger partial charge is 0.384 e. The first-order valence-electron chi connectivity index (χ1n) is 6.66. The molecule has 0 saturated carbocycles. The summed E-state index contributed by atoms with van der Waals surface area (Å²) in [7, 11) is 0. The van der Waals surface area contributed by atoms with E-state index in [9.17, 15) is 18.0 Å². The van der Waals surface area contributed by atoms with Crippen LogP contribution in [0.15, 0.2) is 24.3 Å². The Bertz CT molecular complexity index is 468. The molecule has 1 fully saturated rings. The van der Waals surface area contributed by atoms with Gasteiger partial charge in [-0.05, 0) is 25.0 Å². The first kappa shape index (κ1) is 14.7. The van der Waals surface area contributed by atoms with Crippen LogP contribution in [0.1, 0.15) is 24.8 Å². The summed E-state index contributed by atoms with van der Waals surface area (Å²) < 4.78 is 38.3. The number of anilines is 1. The largest absolute Gasteiger partial charge is 0.418 e. The molecule has 0 aliphatic carbocycles. The molecule has 1 aliphatic rings. The standard InChI is InChI=1S/C14H17F3N2O/c15-14(16,17)11-5-1-2-6-12(11)18-8-7-13(20)19-9-3-4-10-19/h1-2,5-6,18H,3-4,7-10H2. The van der Waals surface area contributed by atoms with Crippen LogP contribution in [-0.4, -0.2) is 30.4 Å². The van der Waals surface area contributed by atoms with Crippen LogP contribution in [0.4, 0.5) is 18.9 Å². The van der Waals surface area contributed by atoms with E-state index in [0.29, 0.717) is 0 Å². The Balaban J connectivity index is 1.89. The van der Waals surface area contributed by atoms with Crippen LogP contribution in [-0.2, 0) is 11.0 Å². The molecule has 1 aromatic rings. The highest BCUT2D eigenvalue weighted by Gasteiger charge is 2.33. The fourth-order valence-corrected chi connectivity index (χ4v) is 2.31. The maximum Gasteiger partial charge on any atom is 0.418 e. The number of para-hydroxylation sites is 1. The third kappa shape index (κ3) is 3.65. The van der Waals surface area contributed by atoms with Gasteiger partial charge in [-0.3, -0.25) is 4.79 Å². The minimum absolute atomic E-state index is 0.000472. The molecule has 20 heavy (non-hydrogen) atoms. The van der Waals surface area contributed by atoms with E-state index < -0.39 is 11.7 Å². The summed E-state index contributed by atoms with van der Waals surface area (Å²) in [6, 6.07) is 5.30. The summed E-state index contributed by atoms with van der Waals surface area (Å²) in [5, 5.41) is 2.71. The molecular weight excluding hydrogens is 269 g/mol. The highest BCUT2D eigenvalue weighted by atomic mass is 19.4. The molecule has 0 unspecified atom stereocenters. The fraction of sp³-hybridized carbons (Fsp3) is 0.500. The van der Waals surface area contributed by atoms with E-state index in [1.807, 2.05) is 0 Å². The maximum absolute atomic E-state index is 12.8. The summed E-state index contributed by atoms with van der Waals surface area (Å²) in [6.45, 7) is 1.73. The Morgan fingerprint density at radius 2 is 1.85 bits per heavy atom. The zero-order valence-electron chi connectivity index (χ0n) is 11.0. The van der Waals surface area contributed by atoms with E-state index in [4.69, 9.17) is 0 Å². The molecule has 1 aromatic carbocycles. The van der Waals surface area contributed by atoms with Crippen molar-refractivity contribution >= 4 is 11.6 Å². The first-order chi connectivity index (χ1) is 9.48. The van der Waals surface area contributed by atoms with Gasteiger partial charge in [0.25, 0.3) is 0 Å². The van der Waals surface area contributed by atoms with Crippen LogP contribution in [0, 0.1) is 0 Å². The van der Waals surface area contributed by atoms with Gasteiger partial charge >= 0.3 is 6.18 Å². The number of nitrogens with one attached hydrogen (secondary N) is 1. The van der Waals surface area contributed by atoms with Crippen molar-refractivity contribution in [3.8, 4) is 0 Å². The van der Waals surface area contributed by atoms with Crippen LogP contribution >= 0.6 is 0 Å². The second kappa shape index (κ2) is 6.15. The van der Waals surface area contributed by atoms with E-state index in [1.165, 1.54) is 12.1 Å². The van der Waals surface area contributed by atoms with Gasteiger partial charge in [-0.15, -0.1) is 0 Å².